The first-order chi connectivity index (χ1) is 13.1. The number of nitrogens with zero attached hydrogens (tertiary/aromatic N) is 1. The van der Waals surface area contributed by atoms with Crippen LogP contribution in [0, 0.1) is 6.92 Å². The molecule has 2 aromatic rings. The van der Waals surface area contributed by atoms with Crippen molar-refractivity contribution in [2.75, 3.05) is 0 Å². The Balaban J connectivity index is 2.07. The third kappa shape index (κ3) is 4.22. The van der Waals surface area contributed by atoms with Gasteiger partial charge in [-0.15, -0.1) is 0 Å². The van der Waals surface area contributed by atoms with Crippen molar-refractivity contribution in [3.8, 4) is 11.3 Å². The van der Waals surface area contributed by atoms with Crippen LogP contribution in [0.1, 0.15) is 11.8 Å². The van der Waals surface area contributed by atoms with Crippen LogP contribution in [0.25, 0.3) is 11.3 Å². The van der Waals surface area contributed by atoms with Gasteiger partial charge in [-0.2, -0.15) is 0 Å². The van der Waals surface area contributed by atoms with Gasteiger partial charge in [0.1, 0.15) is 18.3 Å². The molecule has 2 heterocycles. The normalized spacial score (nSPS) is 25.5. The van der Waals surface area contributed by atoms with Gasteiger partial charge in [0, 0.05) is 11.9 Å². The highest BCUT2D eigenvalue weighted by Crippen LogP contribution is 2.38. The Kier molecular flexibility index (Phi) is 5.53. The van der Waals surface area contributed by atoms with Gasteiger partial charge in [-0.1, -0.05) is 29.8 Å². The van der Waals surface area contributed by atoms with Crippen LogP contribution in [0.3, 0.4) is 0 Å². The Bertz CT molecular complexity index is 1050. The second-order valence-electron chi connectivity index (χ2n) is 6.46. The second kappa shape index (κ2) is 7.59. The lowest BCUT2D eigenvalue weighted by molar-refractivity contribution is -0.0285. The first-order valence-corrected chi connectivity index (χ1v) is 9.94. The van der Waals surface area contributed by atoms with Crippen LogP contribution >= 0.6 is 7.60 Å². The van der Waals surface area contributed by atoms with Crippen molar-refractivity contribution < 1.29 is 29.3 Å². The maximum absolute atomic E-state index is 12.5. The molecular formula is C17H19N2O8P. The van der Waals surface area contributed by atoms with Gasteiger partial charge in [0.2, 0.25) is 0 Å². The summed E-state index contributed by atoms with van der Waals surface area (Å²) in [5.74, 6) is 0.548. The van der Waals surface area contributed by atoms with E-state index in [2.05, 4.69) is 4.98 Å². The zero-order valence-corrected chi connectivity index (χ0v) is 15.6. The molecule has 0 spiro atoms. The summed E-state index contributed by atoms with van der Waals surface area (Å²) in [4.78, 5) is 44.2. The molecule has 4 atom stereocenters. The maximum Gasteiger partial charge on any atom is 0.348 e. The molecule has 1 aliphatic heterocycles. The predicted octanol–water partition coefficient (Wildman–Crippen LogP) is -0.177. The molecule has 0 radical (unpaired) electrons. The third-order valence-corrected chi connectivity index (χ3v) is 4.88. The van der Waals surface area contributed by atoms with E-state index in [1.54, 1.807) is 24.3 Å². The van der Waals surface area contributed by atoms with Crippen LogP contribution < -0.4 is 11.2 Å². The standard InChI is InChI=1S/C17H19N2O8P/c1-9-2-4-10(5-3-9)11-8-13(20)18-17(23)19(11)16-15(22)14(21)12(27-16)6-7-28(24,25)26/h2-8,12,14-16,21-22H,1H3,(H,18,20,23)(H2,24,25,26)/b7-6+/t12-,14-,15-,16-/m1/s1. The third-order valence-electron chi connectivity index (χ3n) is 4.32. The van der Waals surface area contributed by atoms with Crippen LogP contribution in [-0.4, -0.2) is 47.9 Å². The molecular weight excluding hydrogens is 391 g/mol. The zero-order chi connectivity index (χ0) is 20.6. The van der Waals surface area contributed by atoms with Gasteiger partial charge < -0.3 is 24.7 Å². The van der Waals surface area contributed by atoms with Crippen molar-refractivity contribution in [1.82, 2.24) is 9.55 Å². The van der Waals surface area contributed by atoms with Gasteiger partial charge >= 0.3 is 13.3 Å². The molecule has 3 rings (SSSR count). The fraction of sp³-hybridized carbons (Fsp3) is 0.294. The van der Waals surface area contributed by atoms with Gasteiger partial charge in [-0.05, 0) is 18.6 Å². The highest BCUT2D eigenvalue weighted by molar-refractivity contribution is 7.55. The van der Waals surface area contributed by atoms with Crippen LogP contribution in [0.5, 0.6) is 0 Å². The predicted molar refractivity (Wildman–Crippen MR) is 98.6 cm³/mol. The lowest BCUT2D eigenvalue weighted by Crippen LogP contribution is -2.38. The first-order valence-electron chi connectivity index (χ1n) is 8.26. The van der Waals surface area contributed by atoms with E-state index in [4.69, 9.17) is 14.5 Å². The van der Waals surface area contributed by atoms with Crippen molar-refractivity contribution in [1.29, 1.82) is 0 Å². The molecule has 11 heteroatoms. The number of rotatable bonds is 4. The van der Waals surface area contributed by atoms with Gasteiger partial charge in [-0.3, -0.25) is 18.9 Å². The van der Waals surface area contributed by atoms with Gasteiger partial charge in [0.15, 0.2) is 6.23 Å². The van der Waals surface area contributed by atoms with E-state index >= 15 is 0 Å². The molecule has 0 bridgehead atoms. The Morgan fingerprint density at radius 1 is 1.14 bits per heavy atom. The minimum Gasteiger partial charge on any atom is -0.387 e. The molecule has 1 fully saturated rings. The second-order valence-corrected chi connectivity index (χ2v) is 7.94. The fourth-order valence-electron chi connectivity index (χ4n) is 2.96. The van der Waals surface area contributed by atoms with Crippen molar-refractivity contribution in [3.05, 3.63) is 68.6 Å². The summed E-state index contributed by atoms with van der Waals surface area (Å²) in [6.07, 6.45) is -4.85. The highest BCUT2D eigenvalue weighted by Gasteiger charge is 2.44. The van der Waals surface area contributed by atoms with E-state index in [9.17, 15) is 24.4 Å². The van der Waals surface area contributed by atoms with E-state index in [-0.39, 0.29) is 5.69 Å². The number of aliphatic hydroxyl groups is 2. The lowest BCUT2D eigenvalue weighted by Gasteiger charge is -2.21. The summed E-state index contributed by atoms with van der Waals surface area (Å²) in [5.41, 5.74) is 0.109. The average molecular weight is 410 g/mol. The summed E-state index contributed by atoms with van der Waals surface area (Å²) in [6, 6.07) is 8.08. The largest absolute Gasteiger partial charge is 0.387 e. The Labute approximate surface area is 158 Å². The van der Waals surface area contributed by atoms with Crippen molar-refractivity contribution >= 4 is 7.60 Å². The molecule has 0 saturated carbocycles. The quantitative estimate of drug-likeness (QED) is 0.434. The van der Waals surface area contributed by atoms with Gasteiger partial charge in [0.25, 0.3) is 5.56 Å². The molecule has 10 nitrogen and oxygen atoms in total. The fourth-order valence-corrected chi connectivity index (χ4v) is 3.35. The number of ether oxygens (including phenoxy) is 1. The minimum atomic E-state index is -4.50. The highest BCUT2D eigenvalue weighted by atomic mass is 31.2. The Morgan fingerprint density at radius 3 is 2.39 bits per heavy atom. The number of benzene rings is 1. The maximum atomic E-state index is 12.5. The summed E-state index contributed by atoms with van der Waals surface area (Å²) in [7, 11) is -4.50. The summed E-state index contributed by atoms with van der Waals surface area (Å²) in [5, 5.41) is 20.5. The molecule has 28 heavy (non-hydrogen) atoms. The van der Waals surface area contributed by atoms with Gasteiger partial charge in [0.05, 0.1) is 5.69 Å². The molecule has 150 valence electrons. The number of aromatic amines is 1. The molecule has 5 N–H and O–H groups in total. The van der Waals surface area contributed by atoms with Crippen LogP contribution in [-0.2, 0) is 9.30 Å². The number of hydrogen-bond acceptors (Lipinski definition) is 6. The Hall–Kier alpha value is -2.33. The van der Waals surface area contributed by atoms with Crippen LogP contribution in [0.15, 0.2) is 51.8 Å². The number of aromatic nitrogens is 2. The number of aliphatic hydroxyl groups excluding tert-OH is 2. The van der Waals surface area contributed by atoms with Gasteiger partial charge in [-0.25, -0.2) is 4.79 Å². The lowest BCUT2D eigenvalue weighted by atomic mass is 10.1. The van der Waals surface area contributed by atoms with Crippen molar-refractivity contribution in [2.24, 2.45) is 0 Å². The van der Waals surface area contributed by atoms with E-state index in [1.165, 1.54) is 0 Å². The van der Waals surface area contributed by atoms with Crippen molar-refractivity contribution in [2.45, 2.75) is 31.5 Å². The monoisotopic (exact) mass is 410 g/mol. The number of aryl methyl sites for hydroxylation is 1. The molecule has 1 aliphatic rings. The molecule has 1 saturated heterocycles. The van der Waals surface area contributed by atoms with Crippen molar-refractivity contribution in [3.63, 3.8) is 0 Å². The molecule has 0 aliphatic carbocycles. The molecule has 0 unspecified atom stereocenters. The van der Waals surface area contributed by atoms with E-state index in [1.807, 2.05) is 6.92 Å². The number of nitrogens with one attached hydrogen (secondary N) is 1. The smallest absolute Gasteiger partial charge is 0.348 e. The van der Waals surface area contributed by atoms with E-state index < -0.39 is 43.4 Å². The first kappa shape index (κ1) is 20.4. The van der Waals surface area contributed by atoms with Crippen LogP contribution in [0.2, 0.25) is 0 Å². The Morgan fingerprint density at radius 2 is 1.79 bits per heavy atom. The minimum absolute atomic E-state index is 0.157. The molecule has 1 aromatic heterocycles. The average Bonchev–Trinajstić information content (AvgIpc) is 2.87. The van der Waals surface area contributed by atoms with Crippen LogP contribution in [0.4, 0.5) is 0 Å². The topological polar surface area (TPSA) is 162 Å². The summed E-state index contributed by atoms with van der Waals surface area (Å²) < 4.78 is 17.5. The van der Waals surface area contributed by atoms with E-state index in [0.717, 1.165) is 22.3 Å². The number of hydrogen-bond donors (Lipinski definition) is 5. The zero-order valence-electron chi connectivity index (χ0n) is 14.7. The summed E-state index contributed by atoms with van der Waals surface area (Å²) in [6.45, 7) is 1.87. The van der Waals surface area contributed by atoms with E-state index in [0.29, 0.717) is 11.4 Å². The molecule has 1 aromatic carbocycles. The summed E-state index contributed by atoms with van der Waals surface area (Å²) >= 11 is 0. The molecule has 0 amide bonds. The SMILES string of the molecule is Cc1ccc(-c2cc(=O)[nH]c(=O)n2[C@@H]2O[C@H](/C=C/P(=O)(O)O)[C@@H](O)[C@H]2O)cc1. The number of H-pyrrole nitrogens is 1.